The lowest BCUT2D eigenvalue weighted by Gasteiger charge is -2.34. The first-order valence-electron chi connectivity index (χ1n) is 11.3. The zero-order valence-electron chi connectivity index (χ0n) is 18.9. The normalized spacial score (nSPS) is 19.4. The fraction of sp³-hybridized carbons (Fsp3) is 0.185. The van der Waals surface area contributed by atoms with E-state index in [9.17, 15) is 19.7 Å². The SMILES string of the molecule is CC(=O)N1c2ccccc2NC2=C(C(=O)C[C@@H](c3ccc(Cl)cc3)C2)[C@H]1c1cccc([N+](=O)[O-])c1. The van der Waals surface area contributed by atoms with Crippen LogP contribution in [0, 0.1) is 10.1 Å². The maximum Gasteiger partial charge on any atom is 0.269 e. The number of allylic oxidation sites excluding steroid dienone is 1. The number of carbonyl (C=O) groups excluding carboxylic acids is 2. The molecule has 0 aromatic heterocycles. The van der Waals surface area contributed by atoms with Crippen LogP contribution in [-0.2, 0) is 9.59 Å². The van der Waals surface area contributed by atoms with E-state index in [1.165, 1.54) is 19.1 Å². The molecule has 0 bridgehead atoms. The molecule has 176 valence electrons. The smallest absolute Gasteiger partial charge is 0.269 e. The van der Waals surface area contributed by atoms with E-state index >= 15 is 0 Å². The molecule has 0 saturated carbocycles. The number of hydrogen-bond donors (Lipinski definition) is 1. The number of rotatable bonds is 3. The molecule has 1 N–H and O–H groups in total. The van der Waals surface area contributed by atoms with Crippen LogP contribution in [0.25, 0.3) is 0 Å². The van der Waals surface area contributed by atoms with E-state index in [0.29, 0.717) is 39.7 Å². The Bertz CT molecular complexity index is 1380. The summed E-state index contributed by atoms with van der Waals surface area (Å²) in [6.45, 7) is 1.44. The number of nitro groups is 1. The summed E-state index contributed by atoms with van der Waals surface area (Å²) >= 11 is 6.06. The second kappa shape index (κ2) is 9.00. The highest BCUT2D eigenvalue weighted by Gasteiger charge is 2.41. The summed E-state index contributed by atoms with van der Waals surface area (Å²) in [7, 11) is 0. The van der Waals surface area contributed by atoms with Crippen LogP contribution < -0.4 is 10.2 Å². The van der Waals surface area contributed by atoms with Crippen molar-refractivity contribution < 1.29 is 14.5 Å². The van der Waals surface area contributed by atoms with Gasteiger partial charge in [0.2, 0.25) is 5.91 Å². The molecule has 1 amide bonds. The first kappa shape index (κ1) is 22.8. The Morgan fingerprint density at radius 3 is 2.49 bits per heavy atom. The third-order valence-corrected chi connectivity index (χ3v) is 6.82. The van der Waals surface area contributed by atoms with Crippen molar-refractivity contribution in [3.8, 4) is 0 Å². The summed E-state index contributed by atoms with van der Waals surface area (Å²) in [6.07, 6.45) is 0.809. The summed E-state index contributed by atoms with van der Waals surface area (Å²) in [5.41, 5.74) is 3.91. The van der Waals surface area contributed by atoms with Gasteiger partial charge in [-0.25, -0.2) is 0 Å². The fourth-order valence-corrected chi connectivity index (χ4v) is 5.16. The number of carbonyl (C=O) groups is 2. The van der Waals surface area contributed by atoms with Crippen molar-refractivity contribution in [2.24, 2.45) is 0 Å². The highest BCUT2D eigenvalue weighted by Crippen LogP contribution is 2.47. The lowest BCUT2D eigenvalue weighted by atomic mass is 9.78. The first-order chi connectivity index (χ1) is 16.8. The number of para-hydroxylation sites is 2. The van der Waals surface area contributed by atoms with Gasteiger partial charge in [0.15, 0.2) is 5.78 Å². The average Bonchev–Trinajstić information content (AvgIpc) is 2.99. The Labute approximate surface area is 207 Å². The number of ketones is 1. The van der Waals surface area contributed by atoms with Crippen molar-refractivity contribution in [1.82, 2.24) is 0 Å². The van der Waals surface area contributed by atoms with Crippen LogP contribution in [0.5, 0.6) is 0 Å². The maximum atomic E-state index is 13.8. The zero-order valence-corrected chi connectivity index (χ0v) is 19.7. The minimum atomic E-state index is -0.794. The van der Waals surface area contributed by atoms with Crippen LogP contribution in [-0.4, -0.2) is 16.6 Å². The van der Waals surface area contributed by atoms with E-state index in [2.05, 4.69) is 5.32 Å². The quantitative estimate of drug-likeness (QED) is 0.352. The van der Waals surface area contributed by atoms with E-state index < -0.39 is 11.0 Å². The van der Waals surface area contributed by atoms with Crippen LogP contribution in [0.4, 0.5) is 17.1 Å². The number of hydrogen-bond acceptors (Lipinski definition) is 5. The summed E-state index contributed by atoms with van der Waals surface area (Å²) in [5, 5.41) is 15.6. The van der Waals surface area contributed by atoms with Gasteiger partial charge >= 0.3 is 0 Å². The molecule has 3 aromatic carbocycles. The molecule has 8 heteroatoms. The standard InChI is InChI=1S/C27H22ClN3O4/c1-16(32)30-24-8-3-2-7-22(24)29-23-14-19(17-9-11-20(28)12-10-17)15-25(33)26(23)27(30)18-5-4-6-21(13-18)31(34)35/h2-13,19,27,29H,14-15H2,1H3/t19-,27+/m0/s1. The number of nitrogens with one attached hydrogen (secondary N) is 1. The highest BCUT2D eigenvalue weighted by atomic mass is 35.5. The van der Waals surface area contributed by atoms with Gasteiger partial charge in [-0.2, -0.15) is 0 Å². The molecule has 3 aromatic rings. The first-order valence-corrected chi connectivity index (χ1v) is 11.6. The van der Waals surface area contributed by atoms with Crippen LogP contribution in [0.2, 0.25) is 5.02 Å². The topological polar surface area (TPSA) is 92.6 Å². The Morgan fingerprint density at radius 2 is 1.77 bits per heavy atom. The molecular weight excluding hydrogens is 466 g/mol. The van der Waals surface area contributed by atoms with Gasteiger partial charge in [0.25, 0.3) is 5.69 Å². The van der Waals surface area contributed by atoms with E-state index in [4.69, 9.17) is 11.6 Å². The number of halogens is 1. The van der Waals surface area contributed by atoms with Gasteiger partial charge in [-0.15, -0.1) is 0 Å². The maximum absolute atomic E-state index is 13.8. The van der Waals surface area contributed by atoms with Gasteiger partial charge in [-0.1, -0.05) is 48.0 Å². The van der Waals surface area contributed by atoms with Crippen molar-refractivity contribution in [2.75, 3.05) is 10.2 Å². The third kappa shape index (κ3) is 4.19. The summed E-state index contributed by atoms with van der Waals surface area (Å²) in [5.74, 6) is -0.431. The molecule has 0 fully saturated rings. The molecule has 0 radical (unpaired) electrons. The van der Waals surface area contributed by atoms with Crippen LogP contribution in [0.1, 0.15) is 42.9 Å². The number of non-ortho nitro benzene ring substituents is 1. The molecular formula is C27H22ClN3O4. The molecule has 0 unspecified atom stereocenters. The van der Waals surface area contributed by atoms with Crippen LogP contribution in [0.15, 0.2) is 84.1 Å². The molecule has 1 aliphatic carbocycles. The second-order valence-electron chi connectivity index (χ2n) is 8.76. The van der Waals surface area contributed by atoms with Gasteiger partial charge in [0.1, 0.15) is 0 Å². The number of Topliss-reactive ketones (excluding diaryl/α,β-unsaturated/α-hetero) is 1. The molecule has 35 heavy (non-hydrogen) atoms. The molecule has 2 atom stereocenters. The van der Waals surface area contributed by atoms with Gasteiger partial charge in [0.05, 0.1) is 22.3 Å². The van der Waals surface area contributed by atoms with Crippen molar-refractivity contribution in [2.45, 2.75) is 31.7 Å². The molecule has 7 nitrogen and oxygen atoms in total. The van der Waals surface area contributed by atoms with E-state index in [1.807, 2.05) is 48.5 Å². The van der Waals surface area contributed by atoms with Crippen LogP contribution in [0.3, 0.4) is 0 Å². The monoisotopic (exact) mass is 487 g/mol. The number of nitrogens with zero attached hydrogens (tertiary/aromatic N) is 2. The Balaban J connectivity index is 1.71. The molecule has 1 aliphatic heterocycles. The summed E-state index contributed by atoms with van der Waals surface area (Å²) < 4.78 is 0. The summed E-state index contributed by atoms with van der Waals surface area (Å²) in [4.78, 5) is 39.4. The van der Waals surface area contributed by atoms with Gasteiger partial charge in [-0.05, 0) is 47.7 Å². The minimum absolute atomic E-state index is 0.0622. The van der Waals surface area contributed by atoms with Gasteiger partial charge in [-0.3, -0.25) is 24.6 Å². The highest BCUT2D eigenvalue weighted by molar-refractivity contribution is 6.30. The van der Waals surface area contributed by atoms with Crippen LogP contribution >= 0.6 is 11.6 Å². The Hall–Kier alpha value is -3.97. The van der Waals surface area contributed by atoms with Crippen molar-refractivity contribution in [3.63, 3.8) is 0 Å². The number of nitro benzene ring substituents is 1. The number of anilines is 2. The van der Waals surface area contributed by atoms with E-state index in [1.54, 1.807) is 17.0 Å². The van der Waals surface area contributed by atoms with Crippen molar-refractivity contribution in [3.05, 3.63) is 110 Å². The van der Waals surface area contributed by atoms with E-state index in [0.717, 1.165) is 5.56 Å². The molecule has 1 heterocycles. The average molecular weight is 488 g/mol. The molecule has 5 rings (SSSR count). The molecule has 0 saturated heterocycles. The number of fused-ring (bicyclic) bond motifs is 1. The summed E-state index contributed by atoms with van der Waals surface area (Å²) in [6, 6.07) is 20.2. The number of amides is 1. The Morgan fingerprint density at radius 1 is 1.03 bits per heavy atom. The van der Waals surface area contributed by atoms with Gasteiger partial charge < -0.3 is 5.32 Å². The lowest BCUT2D eigenvalue weighted by Crippen LogP contribution is -2.37. The predicted molar refractivity (Wildman–Crippen MR) is 135 cm³/mol. The van der Waals surface area contributed by atoms with Crippen molar-refractivity contribution >= 4 is 40.4 Å². The Kier molecular flexibility index (Phi) is 5.86. The minimum Gasteiger partial charge on any atom is -0.357 e. The second-order valence-corrected chi connectivity index (χ2v) is 9.19. The lowest BCUT2D eigenvalue weighted by molar-refractivity contribution is -0.384. The zero-order chi connectivity index (χ0) is 24.7. The number of benzene rings is 3. The largest absolute Gasteiger partial charge is 0.357 e. The van der Waals surface area contributed by atoms with Gasteiger partial charge in [0, 0.05) is 41.8 Å². The molecule has 2 aliphatic rings. The molecule has 0 spiro atoms. The fourth-order valence-electron chi connectivity index (χ4n) is 5.03. The van der Waals surface area contributed by atoms with Crippen molar-refractivity contribution in [1.29, 1.82) is 0 Å². The third-order valence-electron chi connectivity index (χ3n) is 6.57. The van der Waals surface area contributed by atoms with E-state index in [-0.39, 0.29) is 29.7 Å². The predicted octanol–water partition coefficient (Wildman–Crippen LogP) is 6.17.